The Morgan fingerprint density at radius 1 is 1.19 bits per heavy atom. The zero-order valence-corrected chi connectivity index (χ0v) is 20.6. The molecular weight excluding hydrogens is 474 g/mol. The van der Waals surface area contributed by atoms with Crippen molar-refractivity contribution in [2.75, 3.05) is 32.2 Å². The first-order valence-corrected chi connectivity index (χ1v) is 11.4. The number of benzene rings is 1. The van der Waals surface area contributed by atoms with Crippen molar-refractivity contribution in [2.45, 2.75) is 46.3 Å². The second-order valence-corrected chi connectivity index (χ2v) is 8.40. The molecule has 0 radical (unpaired) electrons. The van der Waals surface area contributed by atoms with Gasteiger partial charge in [-0.3, -0.25) is 9.36 Å². The van der Waals surface area contributed by atoms with Gasteiger partial charge in [0.2, 0.25) is 0 Å². The van der Waals surface area contributed by atoms with Gasteiger partial charge >= 0.3 is 0 Å². The molecule has 2 aromatic rings. The van der Waals surface area contributed by atoms with Crippen LogP contribution in [0.2, 0.25) is 0 Å². The third-order valence-corrected chi connectivity index (χ3v) is 5.21. The van der Waals surface area contributed by atoms with Crippen LogP contribution in [-0.2, 0) is 16.0 Å². The van der Waals surface area contributed by atoms with Crippen LogP contribution in [0.3, 0.4) is 0 Å². The number of nitrogens with zero attached hydrogens (tertiary/aromatic N) is 4. The molecule has 2 rings (SSSR count). The summed E-state index contributed by atoms with van der Waals surface area (Å²) in [5.74, 6) is 0.549. The zero-order chi connectivity index (χ0) is 23.5. The number of rotatable bonds is 12. The molecule has 1 N–H and O–H groups in total. The molecule has 0 saturated heterocycles. The fourth-order valence-electron chi connectivity index (χ4n) is 3.05. The van der Waals surface area contributed by atoms with Gasteiger partial charge in [0.25, 0.3) is 5.56 Å². The van der Waals surface area contributed by atoms with Gasteiger partial charge in [-0.2, -0.15) is 10.4 Å². The van der Waals surface area contributed by atoms with Crippen LogP contribution in [0.15, 0.2) is 43.8 Å². The van der Waals surface area contributed by atoms with Crippen LogP contribution in [0.25, 0.3) is 0 Å². The minimum absolute atomic E-state index is 0.0713. The van der Waals surface area contributed by atoms with E-state index in [9.17, 15) is 10.1 Å². The van der Waals surface area contributed by atoms with Crippen LogP contribution in [0.5, 0.6) is 0 Å². The summed E-state index contributed by atoms with van der Waals surface area (Å²) in [5.41, 5.74) is 1.38. The molecule has 8 nitrogen and oxygen atoms in total. The summed E-state index contributed by atoms with van der Waals surface area (Å²) in [4.78, 5) is 13.1. The van der Waals surface area contributed by atoms with E-state index in [2.05, 4.69) is 31.5 Å². The van der Waals surface area contributed by atoms with Gasteiger partial charge in [0.05, 0.1) is 11.8 Å². The summed E-state index contributed by atoms with van der Waals surface area (Å²) in [6.07, 6.45) is 1.49. The van der Waals surface area contributed by atoms with Crippen molar-refractivity contribution in [1.29, 1.82) is 5.26 Å². The lowest BCUT2D eigenvalue weighted by Crippen LogP contribution is -2.28. The normalized spacial score (nSPS) is 11.3. The Balaban J connectivity index is 2.48. The average Bonchev–Trinajstić information content (AvgIpc) is 2.76. The molecule has 9 heteroatoms. The molecule has 0 amide bonds. The lowest BCUT2D eigenvalue weighted by Gasteiger charge is -2.19. The number of nitrogens with one attached hydrogen (secondary N) is 1. The number of ether oxygens (including phenoxy) is 2. The second-order valence-electron chi connectivity index (χ2n) is 7.49. The highest BCUT2D eigenvalue weighted by molar-refractivity contribution is 9.10. The van der Waals surface area contributed by atoms with E-state index in [0.717, 1.165) is 10.9 Å². The van der Waals surface area contributed by atoms with Gasteiger partial charge in [-0.05, 0) is 57.9 Å². The quantitative estimate of drug-likeness (QED) is 0.305. The number of hydrogen-bond acceptors (Lipinski definition) is 7. The van der Waals surface area contributed by atoms with Gasteiger partial charge in [0.15, 0.2) is 0 Å². The number of aromatic nitrogens is 1. The lowest BCUT2D eigenvalue weighted by atomic mass is 10.1. The Morgan fingerprint density at radius 2 is 1.91 bits per heavy atom. The van der Waals surface area contributed by atoms with Gasteiger partial charge in [-0.25, -0.2) is 0 Å². The van der Waals surface area contributed by atoms with Gasteiger partial charge in [-0.1, -0.05) is 15.9 Å². The number of pyridine rings is 1. The fourth-order valence-corrected chi connectivity index (χ4v) is 3.31. The van der Waals surface area contributed by atoms with E-state index in [-0.39, 0.29) is 17.2 Å². The fraction of sp³-hybridized carbons (Fsp3) is 0.478. The van der Waals surface area contributed by atoms with Crippen molar-refractivity contribution in [3.8, 4) is 6.07 Å². The minimum Gasteiger partial charge on any atom is -0.385 e. The molecule has 1 aromatic carbocycles. The number of hydrogen-bond donors (Lipinski definition) is 1. The smallest absolute Gasteiger partial charge is 0.270 e. The molecule has 1 aromatic heterocycles. The van der Waals surface area contributed by atoms with Gasteiger partial charge in [0.1, 0.15) is 23.1 Å². The van der Waals surface area contributed by atoms with Crippen molar-refractivity contribution in [3.05, 3.63) is 50.2 Å². The Kier molecular flexibility index (Phi) is 10.5. The Labute approximate surface area is 197 Å². The van der Waals surface area contributed by atoms with Crippen LogP contribution in [0.1, 0.15) is 37.8 Å². The number of azo groups is 1. The van der Waals surface area contributed by atoms with E-state index in [1.165, 1.54) is 0 Å². The van der Waals surface area contributed by atoms with Crippen molar-refractivity contribution in [2.24, 2.45) is 10.2 Å². The van der Waals surface area contributed by atoms with E-state index in [0.29, 0.717) is 55.5 Å². The van der Waals surface area contributed by atoms with E-state index in [1.54, 1.807) is 18.6 Å². The van der Waals surface area contributed by atoms with Gasteiger partial charge in [0, 0.05) is 43.4 Å². The summed E-state index contributed by atoms with van der Waals surface area (Å²) in [5, 5.41) is 21.7. The molecule has 0 saturated carbocycles. The molecule has 0 fully saturated rings. The highest BCUT2D eigenvalue weighted by Gasteiger charge is 2.19. The summed E-state index contributed by atoms with van der Waals surface area (Å²) in [6, 6.07) is 9.46. The van der Waals surface area contributed by atoms with Gasteiger partial charge in [-0.15, -0.1) is 5.11 Å². The maximum Gasteiger partial charge on any atom is 0.270 e. The van der Waals surface area contributed by atoms with Crippen LogP contribution in [-0.4, -0.2) is 37.5 Å². The Hall–Kier alpha value is -2.54. The number of halogens is 1. The first-order valence-electron chi connectivity index (χ1n) is 10.6. The van der Waals surface area contributed by atoms with Crippen molar-refractivity contribution in [3.63, 3.8) is 0 Å². The molecule has 0 spiro atoms. The molecule has 0 unspecified atom stereocenters. The molecule has 0 aliphatic carbocycles. The summed E-state index contributed by atoms with van der Waals surface area (Å²) < 4.78 is 13.3. The van der Waals surface area contributed by atoms with Gasteiger partial charge < -0.3 is 14.8 Å². The summed E-state index contributed by atoms with van der Waals surface area (Å²) in [7, 11) is 1.65. The molecule has 0 bridgehead atoms. The highest BCUT2D eigenvalue weighted by atomic mass is 79.9. The Bertz CT molecular complexity index is 1010. The molecule has 0 aliphatic heterocycles. The van der Waals surface area contributed by atoms with Crippen LogP contribution in [0.4, 0.5) is 17.2 Å². The minimum atomic E-state index is -0.341. The standard InChI is InChI=1S/C23H30BrN5O3/c1-16(2)32-14-6-12-29-22(26-11-5-13-31-4)21(17(3)20(15-25)23(29)30)28-27-19-9-7-18(24)8-10-19/h7-10,16,26H,5-6,11-14H2,1-4H3. The molecular formula is C23H30BrN5O3. The average molecular weight is 504 g/mol. The molecule has 32 heavy (non-hydrogen) atoms. The van der Waals surface area contributed by atoms with Crippen LogP contribution >= 0.6 is 15.9 Å². The van der Waals surface area contributed by atoms with E-state index < -0.39 is 0 Å². The lowest BCUT2D eigenvalue weighted by molar-refractivity contribution is 0.0748. The predicted octanol–water partition coefficient (Wildman–Crippen LogP) is 5.47. The molecule has 0 aliphatic rings. The first-order chi connectivity index (χ1) is 15.4. The van der Waals surface area contributed by atoms with E-state index in [4.69, 9.17) is 9.47 Å². The monoisotopic (exact) mass is 503 g/mol. The maximum atomic E-state index is 13.1. The Morgan fingerprint density at radius 3 is 2.53 bits per heavy atom. The van der Waals surface area contributed by atoms with Crippen LogP contribution < -0.4 is 10.9 Å². The number of methoxy groups -OCH3 is 1. The topological polar surface area (TPSA) is 101 Å². The molecule has 1 heterocycles. The second kappa shape index (κ2) is 13.1. The van der Waals surface area contributed by atoms with Crippen LogP contribution in [0, 0.1) is 18.3 Å². The van der Waals surface area contributed by atoms with Crippen molar-refractivity contribution in [1.82, 2.24) is 4.57 Å². The van der Waals surface area contributed by atoms with Crippen molar-refractivity contribution < 1.29 is 9.47 Å². The third-order valence-electron chi connectivity index (χ3n) is 4.68. The summed E-state index contributed by atoms with van der Waals surface area (Å²) >= 11 is 3.40. The molecule has 172 valence electrons. The highest BCUT2D eigenvalue weighted by Crippen LogP contribution is 2.32. The largest absolute Gasteiger partial charge is 0.385 e. The summed E-state index contributed by atoms with van der Waals surface area (Å²) in [6.45, 7) is 7.74. The van der Waals surface area contributed by atoms with Crippen molar-refractivity contribution >= 4 is 33.1 Å². The SMILES string of the molecule is COCCCNc1c(N=Nc2ccc(Br)cc2)c(C)c(C#N)c(=O)n1CCCOC(C)C. The van der Waals surface area contributed by atoms with E-state index >= 15 is 0 Å². The maximum absolute atomic E-state index is 13.1. The molecule has 0 atom stereocenters. The zero-order valence-electron chi connectivity index (χ0n) is 19.0. The van der Waals surface area contributed by atoms with E-state index in [1.807, 2.05) is 44.2 Å². The number of nitriles is 1. The first kappa shape index (κ1) is 25.7. The predicted molar refractivity (Wildman–Crippen MR) is 129 cm³/mol. The third kappa shape index (κ3) is 7.26. The number of anilines is 1.